The van der Waals surface area contributed by atoms with Gasteiger partial charge in [-0.05, 0) is 44.2 Å². The first kappa shape index (κ1) is 17.2. The number of hydrogen-bond donors (Lipinski definition) is 2. The molecule has 1 aromatic carbocycles. The highest BCUT2D eigenvalue weighted by Crippen LogP contribution is 2.22. The Morgan fingerprint density at radius 3 is 2.84 bits per heavy atom. The Morgan fingerprint density at radius 2 is 2.12 bits per heavy atom. The summed E-state index contributed by atoms with van der Waals surface area (Å²) in [5, 5.41) is 5.48. The van der Waals surface area contributed by atoms with E-state index in [-0.39, 0.29) is 6.03 Å². The highest BCUT2D eigenvalue weighted by molar-refractivity contribution is 5.89. The van der Waals surface area contributed by atoms with Crippen molar-refractivity contribution in [3.05, 3.63) is 36.5 Å². The predicted octanol–water partition coefficient (Wildman–Crippen LogP) is 2.51. The van der Waals surface area contributed by atoms with Crippen molar-refractivity contribution in [2.24, 2.45) is 0 Å². The van der Waals surface area contributed by atoms with E-state index in [2.05, 4.69) is 27.4 Å². The zero-order chi connectivity index (χ0) is 17.6. The molecule has 132 valence electrons. The molecule has 0 radical (unpaired) electrons. The van der Waals surface area contributed by atoms with E-state index in [1.54, 1.807) is 6.20 Å². The minimum Gasteiger partial charge on any atom is -0.377 e. The maximum atomic E-state index is 11.6. The summed E-state index contributed by atoms with van der Waals surface area (Å²) in [5.74, 6) is 1.58. The van der Waals surface area contributed by atoms with Gasteiger partial charge in [0.15, 0.2) is 5.82 Å². The monoisotopic (exact) mass is 341 g/mol. The number of ether oxygens (including phenoxy) is 1. The Balaban J connectivity index is 1.75. The number of anilines is 2. The number of rotatable bonds is 4. The molecule has 0 spiro atoms. The van der Waals surface area contributed by atoms with E-state index in [4.69, 9.17) is 9.72 Å². The largest absolute Gasteiger partial charge is 0.377 e. The van der Waals surface area contributed by atoms with Gasteiger partial charge in [0.05, 0.1) is 19.3 Å². The molecule has 3 rings (SSSR count). The van der Waals surface area contributed by atoms with Crippen molar-refractivity contribution in [3.63, 3.8) is 0 Å². The molecule has 0 aliphatic carbocycles. The lowest BCUT2D eigenvalue weighted by Crippen LogP contribution is -2.44. The van der Waals surface area contributed by atoms with Gasteiger partial charge in [0.1, 0.15) is 5.82 Å². The summed E-state index contributed by atoms with van der Waals surface area (Å²) in [6, 6.07) is 9.51. The molecule has 0 bridgehead atoms. The third-order valence-electron chi connectivity index (χ3n) is 4.04. The number of aromatic nitrogens is 2. The number of carbonyl (C=O) groups is 1. The lowest BCUT2D eigenvalue weighted by Gasteiger charge is -2.34. The van der Waals surface area contributed by atoms with Crippen LogP contribution in [0.1, 0.15) is 13.8 Å². The Morgan fingerprint density at radius 1 is 1.32 bits per heavy atom. The molecule has 1 unspecified atom stereocenters. The van der Waals surface area contributed by atoms with E-state index in [1.165, 1.54) is 0 Å². The Hall–Kier alpha value is -2.67. The Labute approximate surface area is 147 Å². The van der Waals surface area contributed by atoms with Gasteiger partial charge < -0.3 is 20.3 Å². The molecule has 0 saturated carbocycles. The molecule has 2 N–H and O–H groups in total. The SMILES string of the molecule is CCNC(=O)Nc1ccc(-c2nccc(N3CCOCC3C)n2)cc1. The van der Waals surface area contributed by atoms with Crippen molar-refractivity contribution >= 4 is 17.5 Å². The van der Waals surface area contributed by atoms with Crippen molar-refractivity contribution in [2.75, 3.05) is 36.5 Å². The standard InChI is InChI=1S/C18H23N5O2/c1-3-19-18(24)21-15-6-4-14(5-7-15)17-20-9-8-16(22-17)23-10-11-25-12-13(23)2/h4-9,13H,3,10-12H2,1-2H3,(H2,19,21,24). The molecule has 1 aliphatic heterocycles. The van der Waals surface area contributed by atoms with E-state index in [0.717, 1.165) is 23.6 Å². The third kappa shape index (κ3) is 4.24. The lowest BCUT2D eigenvalue weighted by molar-refractivity contribution is 0.0985. The summed E-state index contributed by atoms with van der Waals surface area (Å²) in [7, 11) is 0. The summed E-state index contributed by atoms with van der Waals surface area (Å²) in [6.45, 7) is 6.84. The summed E-state index contributed by atoms with van der Waals surface area (Å²) in [5.41, 5.74) is 1.64. The second kappa shape index (κ2) is 7.94. The van der Waals surface area contributed by atoms with Gasteiger partial charge in [-0.2, -0.15) is 0 Å². The second-order valence-corrected chi connectivity index (χ2v) is 5.92. The molecule has 1 saturated heterocycles. The van der Waals surface area contributed by atoms with Crippen LogP contribution in [0.25, 0.3) is 11.4 Å². The molecule has 1 aromatic heterocycles. The fourth-order valence-corrected chi connectivity index (χ4v) is 2.75. The van der Waals surface area contributed by atoms with Gasteiger partial charge in [-0.25, -0.2) is 14.8 Å². The zero-order valence-corrected chi connectivity index (χ0v) is 14.5. The van der Waals surface area contributed by atoms with Crippen LogP contribution in [-0.2, 0) is 4.74 Å². The van der Waals surface area contributed by atoms with E-state index >= 15 is 0 Å². The van der Waals surface area contributed by atoms with Crippen LogP contribution in [0.4, 0.5) is 16.3 Å². The van der Waals surface area contributed by atoms with Crippen molar-refractivity contribution in [2.45, 2.75) is 19.9 Å². The number of hydrogen-bond acceptors (Lipinski definition) is 5. The number of nitrogens with one attached hydrogen (secondary N) is 2. The van der Waals surface area contributed by atoms with Gasteiger partial charge in [0.2, 0.25) is 0 Å². The average molecular weight is 341 g/mol. The van der Waals surface area contributed by atoms with Crippen LogP contribution in [0.2, 0.25) is 0 Å². The lowest BCUT2D eigenvalue weighted by atomic mass is 10.2. The van der Waals surface area contributed by atoms with Gasteiger partial charge in [-0.3, -0.25) is 0 Å². The van der Waals surface area contributed by atoms with Crippen LogP contribution in [0.15, 0.2) is 36.5 Å². The van der Waals surface area contributed by atoms with E-state index in [0.29, 0.717) is 31.6 Å². The Bertz CT molecular complexity index is 720. The minimum atomic E-state index is -0.213. The van der Waals surface area contributed by atoms with Crippen molar-refractivity contribution in [1.82, 2.24) is 15.3 Å². The molecule has 1 atom stereocenters. The zero-order valence-electron chi connectivity index (χ0n) is 14.5. The van der Waals surface area contributed by atoms with Crippen LogP contribution < -0.4 is 15.5 Å². The van der Waals surface area contributed by atoms with Gasteiger partial charge in [0.25, 0.3) is 0 Å². The van der Waals surface area contributed by atoms with E-state index in [9.17, 15) is 4.79 Å². The third-order valence-corrected chi connectivity index (χ3v) is 4.04. The molecule has 7 nitrogen and oxygen atoms in total. The molecular weight excluding hydrogens is 318 g/mol. The highest BCUT2D eigenvalue weighted by Gasteiger charge is 2.20. The van der Waals surface area contributed by atoms with Crippen molar-refractivity contribution in [1.29, 1.82) is 0 Å². The molecule has 2 aromatic rings. The molecule has 25 heavy (non-hydrogen) atoms. The average Bonchev–Trinajstić information content (AvgIpc) is 2.63. The number of nitrogens with zero attached hydrogens (tertiary/aromatic N) is 3. The summed E-state index contributed by atoms with van der Waals surface area (Å²) >= 11 is 0. The maximum Gasteiger partial charge on any atom is 0.319 e. The van der Waals surface area contributed by atoms with Crippen LogP contribution >= 0.6 is 0 Å². The molecular formula is C18H23N5O2. The molecule has 7 heteroatoms. The Kier molecular flexibility index (Phi) is 5.45. The van der Waals surface area contributed by atoms with Crippen molar-refractivity contribution in [3.8, 4) is 11.4 Å². The number of morpholine rings is 1. The topological polar surface area (TPSA) is 79.4 Å². The fourth-order valence-electron chi connectivity index (χ4n) is 2.75. The molecule has 1 fully saturated rings. The number of amides is 2. The molecule has 2 heterocycles. The second-order valence-electron chi connectivity index (χ2n) is 5.92. The fraction of sp³-hybridized carbons (Fsp3) is 0.389. The van der Waals surface area contributed by atoms with Crippen LogP contribution in [0.5, 0.6) is 0 Å². The first-order valence-corrected chi connectivity index (χ1v) is 8.50. The quantitative estimate of drug-likeness (QED) is 0.893. The highest BCUT2D eigenvalue weighted by atomic mass is 16.5. The van der Waals surface area contributed by atoms with Gasteiger partial charge in [-0.15, -0.1) is 0 Å². The molecule has 1 aliphatic rings. The number of benzene rings is 1. The molecule has 2 amide bonds. The van der Waals surface area contributed by atoms with Gasteiger partial charge in [0, 0.05) is 30.5 Å². The first-order chi connectivity index (χ1) is 12.2. The van der Waals surface area contributed by atoms with E-state index in [1.807, 2.05) is 37.3 Å². The summed E-state index contributed by atoms with van der Waals surface area (Å²) in [4.78, 5) is 22.9. The first-order valence-electron chi connectivity index (χ1n) is 8.50. The van der Waals surface area contributed by atoms with E-state index < -0.39 is 0 Å². The number of urea groups is 1. The summed E-state index contributed by atoms with van der Waals surface area (Å²) in [6.07, 6.45) is 1.78. The van der Waals surface area contributed by atoms with Gasteiger partial charge in [-0.1, -0.05) is 0 Å². The predicted molar refractivity (Wildman–Crippen MR) is 97.8 cm³/mol. The van der Waals surface area contributed by atoms with Crippen LogP contribution in [-0.4, -0.2) is 48.3 Å². The number of carbonyl (C=O) groups excluding carboxylic acids is 1. The van der Waals surface area contributed by atoms with Crippen molar-refractivity contribution < 1.29 is 9.53 Å². The van der Waals surface area contributed by atoms with Crippen LogP contribution in [0, 0.1) is 0 Å². The summed E-state index contributed by atoms with van der Waals surface area (Å²) < 4.78 is 5.49. The van der Waals surface area contributed by atoms with Crippen LogP contribution in [0.3, 0.4) is 0 Å². The smallest absolute Gasteiger partial charge is 0.319 e. The van der Waals surface area contributed by atoms with Gasteiger partial charge >= 0.3 is 6.03 Å². The normalized spacial score (nSPS) is 17.2. The minimum absolute atomic E-state index is 0.213. The maximum absolute atomic E-state index is 11.6.